The fourth-order valence-corrected chi connectivity index (χ4v) is 0.280. The third kappa shape index (κ3) is 7.40. The second-order valence-electron chi connectivity index (χ2n) is 1.43. The van der Waals surface area contributed by atoms with E-state index < -0.39 is 0 Å². The van der Waals surface area contributed by atoms with Gasteiger partial charge in [0, 0.05) is 0 Å². The minimum atomic E-state index is 0.442. The molecule has 0 saturated heterocycles. The Bertz CT molecular complexity index is 86.9. The van der Waals surface area contributed by atoms with Crippen molar-refractivity contribution in [2.24, 2.45) is 0 Å². The van der Waals surface area contributed by atoms with Gasteiger partial charge in [-0.05, 0) is 6.92 Å². The van der Waals surface area contributed by atoms with Crippen LogP contribution in [0, 0.1) is 0 Å². The summed E-state index contributed by atoms with van der Waals surface area (Å²) in [6, 6.07) is 0. The molecule has 0 spiro atoms. The zero-order valence-electron chi connectivity index (χ0n) is 5.67. The van der Waals surface area contributed by atoms with Gasteiger partial charge in [-0.2, -0.15) is 0 Å². The summed E-state index contributed by atoms with van der Waals surface area (Å²) in [6.45, 7) is 6.33. The van der Waals surface area contributed by atoms with E-state index in [1.807, 2.05) is 19.1 Å². The second-order valence-corrected chi connectivity index (χ2v) is 1.43. The maximum absolute atomic E-state index is 4.66. The molecule has 0 unspecified atom stereocenters. The maximum atomic E-state index is 4.66. The van der Waals surface area contributed by atoms with Gasteiger partial charge >= 0.3 is 0 Å². The third-order valence-corrected chi connectivity index (χ3v) is 0.669. The molecule has 2 nitrogen and oxygen atoms in total. The maximum Gasteiger partial charge on any atom is 0.100 e. The van der Waals surface area contributed by atoms with E-state index in [9.17, 15) is 0 Å². The lowest BCUT2D eigenvalue weighted by Gasteiger charge is -1.94. The van der Waals surface area contributed by atoms with Crippen LogP contribution in [0.5, 0.6) is 0 Å². The minimum absolute atomic E-state index is 0.442. The monoisotopic (exact) mass is 128 g/mol. The van der Waals surface area contributed by atoms with Crippen LogP contribution in [0.2, 0.25) is 0 Å². The Balaban J connectivity index is 2.82. The molecule has 0 aliphatic carbocycles. The first-order chi connectivity index (χ1) is 4.41. The van der Waals surface area contributed by atoms with E-state index in [2.05, 4.69) is 16.4 Å². The van der Waals surface area contributed by atoms with Crippen molar-refractivity contribution in [1.82, 2.24) is 0 Å². The number of allylic oxidation sites excluding steroid dienone is 1. The summed E-state index contributed by atoms with van der Waals surface area (Å²) in [5.74, 6) is 0. The van der Waals surface area contributed by atoms with E-state index >= 15 is 0 Å². The largest absolute Gasteiger partial charge is 0.232 e. The van der Waals surface area contributed by atoms with Gasteiger partial charge < -0.3 is 0 Å². The van der Waals surface area contributed by atoms with Gasteiger partial charge in [0.25, 0.3) is 0 Å². The molecule has 0 radical (unpaired) electrons. The zero-order valence-corrected chi connectivity index (χ0v) is 5.67. The lowest BCUT2D eigenvalue weighted by molar-refractivity contribution is -0.277. The third-order valence-electron chi connectivity index (χ3n) is 0.669. The van der Waals surface area contributed by atoms with Gasteiger partial charge in [0.05, 0.1) is 0 Å². The molecule has 0 aromatic rings. The van der Waals surface area contributed by atoms with Gasteiger partial charge in [-0.3, -0.25) is 0 Å². The fourth-order valence-electron chi connectivity index (χ4n) is 0.280. The van der Waals surface area contributed by atoms with E-state index in [-0.39, 0.29) is 0 Å². The number of rotatable bonds is 5. The van der Waals surface area contributed by atoms with E-state index in [0.29, 0.717) is 13.2 Å². The first-order valence-corrected chi connectivity index (χ1v) is 2.88. The van der Waals surface area contributed by atoms with Crippen molar-refractivity contribution in [2.75, 3.05) is 13.2 Å². The van der Waals surface area contributed by atoms with Crippen molar-refractivity contribution in [3.8, 4) is 0 Å². The summed E-state index contributed by atoms with van der Waals surface area (Å²) < 4.78 is 0. The molecule has 9 heavy (non-hydrogen) atoms. The Kier molecular flexibility index (Phi) is 6.91. The van der Waals surface area contributed by atoms with Crippen LogP contribution in [0.25, 0.3) is 0 Å². The van der Waals surface area contributed by atoms with Crippen LogP contribution in [-0.4, -0.2) is 13.2 Å². The minimum Gasteiger partial charge on any atom is -0.232 e. The lowest BCUT2D eigenvalue weighted by Crippen LogP contribution is -1.92. The van der Waals surface area contributed by atoms with Gasteiger partial charge in [-0.25, -0.2) is 9.78 Å². The summed E-state index contributed by atoms with van der Waals surface area (Å²) in [5.41, 5.74) is 0. The molecule has 0 aliphatic heterocycles. The van der Waals surface area contributed by atoms with Crippen LogP contribution < -0.4 is 0 Å². The van der Waals surface area contributed by atoms with E-state index in [1.54, 1.807) is 6.08 Å². The van der Waals surface area contributed by atoms with Crippen molar-refractivity contribution in [2.45, 2.75) is 6.92 Å². The normalized spacial score (nSPS) is 10.3. The van der Waals surface area contributed by atoms with E-state index in [0.717, 1.165) is 0 Å². The van der Waals surface area contributed by atoms with Crippen molar-refractivity contribution in [3.05, 3.63) is 24.8 Å². The number of hydrogen-bond acceptors (Lipinski definition) is 2. The lowest BCUT2D eigenvalue weighted by atomic mass is 10.6. The highest BCUT2D eigenvalue weighted by molar-refractivity contribution is 4.75. The summed E-state index contributed by atoms with van der Waals surface area (Å²) in [5, 5.41) is 0. The Morgan fingerprint density at radius 1 is 1.33 bits per heavy atom. The molecule has 0 bridgehead atoms. The van der Waals surface area contributed by atoms with Crippen LogP contribution in [0.3, 0.4) is 0 Å². The Hall–Kier alpha value is -0.600. The van der Waals surface area contributed by atoms with Gasteiger partial charge in [-0.1, -0.05) is 18.2 Å². The molecular weight excluding hydrogens is 116 g/mol. The number of hydrogen-bond donors (Lipinski definition) is 0. The predicted molar refractivity (Wildman–Crippen MR) is 36.9 cm³/mol. The van der Waals surface area contributed by atoms with Crippen LogP contribution in [0.15, 0.2) is 24.8 Å². The summed E-state index contributed by atoms with van der Waals surface area (Å²) >= 11 is 0. The molecule has 0 amide bonds. The first-order valence-electron chi connectivity index (χ1n) is 2.88. The molecule has 0 N–H and O–H groups in total. The van der Waals surface area contributed by atoms with E-state index in [4.69, 9.17) is 0 Å². The molecule has 0 aromatic heterocycles. The standard InChI is InChI=1S/C7H12O2/c1-3-5-7-9-8-6-4-2/h3-5H,2,6-7H2,1H3/b5-3+. The van der Waals surface area contributed by atoms with Crippen LogP contribution in [-0.2, 0) is 9.78 Å². The SMILES string of the molecule is C=CCOOC/C=C/C. The Morgan fingerprint density at radius 2 is 2.00 bits per heavy atom. The highest BCUT2D eigenvalue weighted by Gasteiger charge is 1.77. The molecule has 0 fully saturated rings. The van der Waals surface area contributed by atoms with Crippen molar-refractivity contribution >= 4 is 0 Å². The highest BCUT2D eigenvalue weighted by atomic mass is 17.2. The van der Waals surface area contributed by atoms with Crippen LogP contribution in [0.1, 0.15) is 6.92 Å². The second kappa shape index (κ2) is 7.40. The quantitative estimate of drug-likeness (QED) is 0.243. The van der Waals surface area contributed by atoms with Crippen LogP contribution in [0.4, 0.5) is 0 Å². The van der Waals surface area contributed by atoms with Gasteiger partial charge in [0.1, 0.15) is 13.2 Å². The molecule has 0 saturated carbocycles. The van der Waals surface area contributed by atoms with Gasteiger partial charge in [0.2, 0.25) is 0 Å². The zero-order chi connectivity index (χ0) is 6.95. The van der Waals surface area contributed by atoms with E-state index in [1.165, 1.54) is 0 Å². The summed E-state index contributed by atoms with van der Waals surface area (Å²) in [6.07, 6.45) is 5.40. The molecule has 0 aliphatic rings. The van der Waals surface area contributed by atoms with Gasteiger partial charge in [-0.15, -0.1) is 6.58 Å². The van der Waals surface area contributed by atoms with Crippen molar-refractivity contribution in [1.29, 1.82) is 0 Å². The topological polar surface area (TPSA) is 18.5 Å². The smallest absolute Gasteiger partial charge is 0.100 e. The summed E-state index contributed by atoms with van der Waals surface area (Å²) in [7, 11) is 0. The molecule has 0 rings (SSSR count). The molecular formula is C7H12O2. The fraction of sp³-hybridized carbons (Fsp3) is 0.429. The molecule has 0 atom stereocenters. The van der Waals surface area contributed by atoms with Gasteiger partial charge in [0.15, 0.2) is 0 Å². The van der Waals surface area contributed by atoms with Crippen LogP contribution >= 0.6 is 0 Å². The molecule has 52 valence electrons. The average Bonchev–Trinajstić information content (AvgIpc) is 1.89. The summed E-state index contributed by atoms with van der Waals surface area (Å²) in [4.78, 5) is 9.27. The predicted octanol–water partition coefficient (Wildman–Crippen LogP) is 1.70. The molecule has 2 heteroatoms. The molecule has 0 heterocycles. The Labute approximate surface area is 55.7 Å². The average molecular weight is 128 g/mol. The molecule has 0 aromatic carbocycles. The first kappa shape index (κ1) is 8.40. The van der Waals surface area contributed by atoms with Crippen molar-refractivity contribution in [3.63, 3.8) is 0 Å². The Morgan fingerprint density at radius 3 is 2.56 bits per heavy atom. The highest BCUT2D eigenvalue weighted by Crippen LogP contribution is 1.79. The van der Waals surface area contributed by atoms with Crippen molar-refractivity contribution < 1.29 is 9.78 Å².